The fourth-order valence-corrected chi connectivity index (χ4v) is 4.60. The van der Waals surface area contributed by atoms with E-state index in [0.29, 0.717) is 6.08 Å². The third-order valence-electron chi connectivity index (χ3n) is 2.20. The molecule has 0 rings (SSSR count). The van der Waals surface area contributed by atoms with Gasteiger partial charge in [0.2, 0.25) is 5.91 Å². The van der Waals surface area contributed by atoms with Crippen molar-refractivity contribution in [2.45, 2.75) is 22.0 Å². The lowest BCUT2D eigenvalue weighted by Crippen LogP contribution is -2.46. The molecule has 22 heavy (non-hydrogen) atoms. The van der Waals surface area contributed by atoms with Crippen LogP contribution < -0.4 is 5.32 Å². The van der Waals surface area contributed by atoms with Crippen LogP contribution in [0.1, 0.15) is 6.42 Å². The minimum Gasteiger partial charge on any atom is -0.352 e. The number of alkyl halides is 6. The molecule has 0 aliphatic heterocycles. The monoisotopic (exact) mass is 377 g/mol. The van der Waals surface area contributed by atoms with Crippen molar-refractivity contribution in [1.82, 2.24) is 5.32 Å². The highest BCUT2D eigenvalue weighted by molar-refractivity contribution is 8.09. The van der Waals surface area contributed by atoms with Crippen LogP contribution in [0.3, 0.4) is 0 Å². The van der Waals surface area contributed by atoms with Crippen LogP contribution in [0.15, 0.2) is 12.7 Å². The molecule has 0 unspecified atom stereocenters. The van der Waals surface area contributed by atoms with Crippen molar-refractivity contribution < 1.29 is 48.0 Å². The average molecular weight is 377 g/mol. The summed E-state index contributed by atoms with van der Waals surface area (Å²) in [5.74, 6) is -1.03. The molecule has 14 heteroatoms. The number of sulfone groups is 2. The molecule has 0 fully saturated rings. The molecule has 130 valence electrons. The number of halogens is 6. The van der Waals surface area contributed by atoms with Crippen LogP contribution in [0.2, 0.25) is 0 Å². The average Bonchev–Trinajstić information content (AvgIpc) is 2.30. The molecule has 1 N–H and O–H groups in total. The molecule has 6 nitrogen and oxygen atoms in total. The van der Waals surface area contributed by atoms with Gasteiger partial charge >= 0.3 is 11.0 Å². The Bertz CT molecular complexity index is 589. The van der Waals surface area contributed by atoms with E-state index in [0.717, 1.165) is 0 Å². The first-order valence-electron chi connectivity index (χ1n) is 5.09. The summed E-state index contributed by atoms with van der Waals surface area (Å²) >= 11 is 0. The van der Waals surface area contributed by atoms with E-state index in [4.69, 9.17) is 0 Å². The Kier molecular flexibility index (Phi) is 6.05. The van der Waals surface area contributed by atoms with Gasteiger partial charge in [-0.2, -0.15) is 26.3 Å². The van der Waals surface area contributed by atoms with Crippen LogP contribution in [-0.2, 0) is 24.5 Å². The van der Waals surface area contributed by atoms with Gasteiger partial charge in [-0.15, -0.1) is 0 Å². The minimum atomic E-state index is -6.67. The zero-order valence-corrected chi connectivity index (χ0v) is 12.0. The molecule has 0 radical (unpaired) electrons. The Balaban J connectivity index is 5.74. The molecule has 1 amide bonds. The highest BCUT2D eigenvalue weighted by Gasteiger charge is 2.62. The molecule has 0 aliphatic rings. The molecular formula is C8H9F6NO5S2. The number of hydrogen-bond acceptors (Lipinski definition) is 5. The minimum absolute atomic E-state index is 0.603. The van der Waals surface area contributed by atoms with E-state index in [1.807, 2.05) is 0 Å². The van der Waals surface area contributed by atoms with E-state index < -0.39 is 54.1 Å². The molecular weight excluding hydrogens is 368 g/mol. The first kappa shape index (κ1) is 20.7. The molecule has 0 aromatic carbocycles. The summed E-state index contributed by atoms with van der Waals surface area (Å²) in [6, 6.07) is 0. The first-order chi connectivity index (χ1) is 9.59. The summed E-state index contributed by atoms with van der Waals surface area (Å²) in [4.78, 5) is 10.7. The third kappa shape index (κ3) is 4.34. The normalized spacial score (nSPS) is 14.0. The maximum Gasteiger partial charge on any atom is 0.498 e. The molecule has 0 saturated heterocycles. The van der Waals surface area contributed by atoms with Gasteiger partial charge in [0.15, 0.2) is 4.58 Å². The molecule has 0 aromatic heterocycles. The molecule has 0 heterocycles. The number of carbonyl (C=O) groups is 1. The first-order valence-corrected chi connectivity index (χ1v) is 8.19. The molecule has 0 saturated carbocycles. The van der Waals surface area contributed by atoms with Gasteiger partial charge in [0.1, 0.15) is 0 Å². The zero-order chi connectivity index (χ0) is 18.0. The van der Waals surface area contributed by atoms with Crippen LogP contribution in [0.25, 0.3) is 0 Å². The lowest BCUT2D eigenvalue weighted by atomic mass is 10.4. The summed E-state index contributed by atoms with van der Waals surface area (Å²) in [6.45, 7) is 1.87. The second-order valence-corrected chi connectivity index (χ2v) is 8.24. The third-order valence-corrected chi connectivity index (χ3v) is 6.87. The maximum atomic E-state index is 12.3. The SMILES string of the molecule is C=CC(=O)NCCC(S(=O)(=O)C(F)(F)F)S(=O)(=O)C(F)(F)F. The topological polar surface area (TPSA) is 97.4 Å². The van der Waals surface area contributed by atoms with E-state index >= 15 is 0 Å². The van der Waals surface area contributed by atoms with Gasteiger partial charge in [0.05, 0.1) is 0 Å². The van der Waals surface area contributed by atoms with Crippen molar-refractivity contribution in [3.8, 4) is 0 Å². The van der Waals surface area contributed by atoms with Crippen LogP contribution in [-0.4, -0.2) is 44.9 Å². The predicted molar refractivity (Wildman–Crippen MR) is 61.6 cm³/mol. The van der Waals surface area contributed by atoms with Gasteiger partial charge in [0.25, 0.3) is 19.7 Å². The largest absolute Gasteiger partial charge is 0.498 e. The highest BCUT2D eigenvalue weighted by atomic mass is 32.3. The second-order valence-electron chi connectivity index (χ2n) is 3.69. The van der Waals surface area contributed by atoms with Gasteiger partial charge in [-0.05, 0) is 12.5 Å². The maximum absolute atomic E-state index is 12.3. The van der Waals surface area contributed by atoms with Crippen molar-refractivity contribution in [3.05, 3.63) is 12.7 Å². The Morgan fingerprint density at radius 1 is 1.00 bits per heavy atom. The Morgan fingerprint density at radius 2 is 1.36 bits per heavy atom. The van der Waals surface area contributed by atoms with E-state index in [9.17, 15) is 48.0 Å². The Hall–Kier alpha value is -1.31. The van der Waals surface area contributed by atoms with Crippen molar-refractivity contribution in [2.24, 2.45) is 0 Å². The Labute approximate surface area is 121 Å². The van der Waals surface area contributed by atoms with E-state index in [1.54, 1.807) is 5.32 Å². The standard InChI is InChI=1S/C8H9F6NO5S2/c1-2-5(16)15-4-3-6(21(17,18)7(9,10)11)22(19,20)8(12,13)14/h2,6H,1,3-4H2,(H,15,16). The fraction of sp³-hybridized carbons (Fsp3) is 0.625. The quantitative estimate of drug-likeness (QED) is 0.547. The summed E-state index contributed by atoms with van der Waals surface area (Å²) in [6.07, 6.45) is -1.03. The lowest BCUT2D eigenvalue weighted by Gasteiger charge is -2.20. The van der Waals surface area contributed by atoms with Crippen molar-refractivity contribution in [1.29, 1.82) is 0 Å². The van der Waals surface area contributed by atoms with Crippen LogP contribution in [0.5, 0.6) is 0 Å². The van der Waals surface area contributed by atoms with Crippen molar-refractivity contribution in [3.63, 3.8) is 0 Å². The highest BCUT2D eigenvalue weighted by Crippen LogP contribution is 2.37. The lowest BCUT2D eigenvalue weighted by molar-refractivity contribution is -0.116. The molecule has 0 spiro atoms. The summed E-state index contributed by atoms with van der Waals surface area (Å²) < 4.78 is 114. The number of carbonyl (C=O) groups excluding carboxylic acids is 1. The van der Waals surface area contributed by atoms with E-state index in [2.05, 4.69) is 6.58 Å². The van der Waals surface area contributed by atoms with Gasteiger partial charge in [-0.25, -0.2) is 16.8 Å². The van der Waals surface area contributed by atoms with Gasteiger partial charge in [0, 0.05) is 6.54 Å². The zero-order valence-electron chi connectivity index (χ0n) is 10.4. The van der Waals surface area contributed by atoms with Gasteiger partial charge < -0.3 is 5.32 Å². The molecule has 0 aliphatic carbocycles. The predicted octanol–water partition coefficient (Wildman–Crippen LogP) is 0.874. The smallest absolute Gasteiger partial charge is 0.352 e. The summed E-state index contributed by atoms with van der Waals surface area (Å²) in [5, 5.41) is 1.69. The van der Waals surface area contributed by atoms with Crippen LogP contribution >= 0.6 is 0 Å². The van der Waals surface area contributed by atoms with Crippen molar-refractivity contribution >= 4 is 25.6 Å². The fourth-order valence-electron chi connectivity index (χ4n) is 1.16. The van der Waals surface area contributed by atoms with Gasteiger partial charge in [-0.3, -0.25) is 4.79 Å². The molecule has 0 bridgehead atoms. The molecule has 0 atom stereocenters. The van der Waals surface area contributed by atoms with Crippen LogP contribution in [0, 0.1) is 0 Å². The summed E-state index contributed by atoms with van der Waals surface area (Å²) in [5.41, 5.74) is -12.4. The number of hydrogen-bond donors (Lipinski definition) is 1. The number of rotatable bonds is 6. The second kappa shape index (κ2) is 6.44. The number of amides is 1. The number of nitrogens with one attached hydrogen (secondary N) is 1. The van der Waals surface area contributed by atoms with E-state index in [-0.39, 0.29) is 0 Å². The van der Waals surface area contributed by atoms with Crippen molar-refractivity contribution in [2.75, 3.05) is 6.54 Å². The van der Waals surface area contributed by atoms with Crippen LogP contribution in [0.4, 0.5) is 26.3 Å². The van der Waals surface area contributed by atoms with E-state index in [1.165, 1.54) is 0 Å². The van der Waals surface area contributed by atoms with Gasteiger partial charge in [-0.1, -0.05) is 6.58 Å². The molecule has 0 aromatic rings. The summed E-state index contributed by atoms with van der Waals surface area (Å²) in [7, 11) is -13.3. The Morgan fingerprint density at radius 3 is 1.64 bits per heavy atom.